The Morgan fingerprint density at radius 1 is 1.33 bits per heavy atom. The van der Waals surface area contributed by atoms with Crippen LogP contribution in [0.2, 0.25) is 0 Å². The van der Waals surface area contributed by atoms with Crippen LogP contribution in [0.4, 0.5) is 0 Å². The number of aromatic nitrogens is 1. The van der Waals surface area contributed by atoms with Gasteiger partial charge in [-0.1, -0.05) is 12.1 Å². The summed E-state index contributed by atoms with van der Waals surface area (Å²) in [6.45, 7) is 4.36. The molecular formula is C17H22N2O4S. The smallest absolute Gasteiger partial charge is 0.243 e. The number of hydrogen-bond donors (Lipinski definition) is 0. The second kappa shape index (κ2) is 6.57. The van der Waals surface area contributed by atoms with Crippen LogP contribution in [-0.4, -0.2) is 31.5 Å². The third kappa shape index (κ3) is 2.82. The van der Waals surface area contributed by atoms with Crippen molar-refractivity contribution < 1.29 is 17.7 Å². The normalized spacial score (nSPS) is 18.9. The molecule has 1 aromatic heterocycles. The third-order valence-electron chi connectivity index (χ3n) is 4.51. The molecule has 0 saturated carbocycles. The minimum atomic E-state index is -3.57. The molecule has 2 heterocycles. The van der Waals surface area contributed by atoms with E-state index in [1.54, 1.807) is 35.7 Å². The molecule has 1 fully saturated rings. The van der Waals surface area contributed by atoms with E-state index in [1.165, 1.54) is 0 Å². The van der Waals surface area contributed by atoms with Gasteiger partial charge in [-0.15, -0.1) is 0 Å². The van der Waals surface area contributed by atoms with E-state index in [9.17, 15) is 8.42 Å². The first-order chi connectivity index (χ1) is 11.5. The van der Waals surface area contributed by atoms with Crippen molar-refractivity contribution in [1.29, 1.82) is 0 Å². The van der Waals surface area contributed by atoms with Gasteiger partial charge in [0.1, 0.15) is 11.5 Å². The van der Waals surface area contributed by atoms with Crippen molar-refractivity contribution in [3.63, 3.8) is 0 Å². The lowest BCUT2D eigenvalue weighted by Gasteiger charge is -2.24. The summed E-state index contributed by atoms with van der Waals surface area (Å²) in [6, 6.07) is 6.30. The summed E-state index contributed by atoms with van der Waals surface area (Å²) in [7, 11) is -2.02. The Morgan fingerprint density at radius 3 is 2.67 bits per heavy atom. The van der Waals surface area contributed by atoms with Gasteiger partial charge >= 0.3 is 0 Å². The Balaban J connectivity index is 1.98. The average Bonchev–Trinajstić information content (AvgIpc) is 3.21. The molecule has 0 radical (unpaired) electrons. The maximum absolute atomic E-state index is 13.1. The largest absolute Gasteiger partial charge is 0.497 e. The predicted molar refractivity (Wildman–Crippen MR) is 89.5 cm³/mol. The van der Waals surface area contributed by atoms with Gasteiger partial charge in [0.05, 0.1) is 23.7 Å². The number of rotatable bonds is 5. The van der Waals surface area contributed by atoms with Crippen molar-refractivity contribution in [2.75, 3.05) is 13.7 Å². The Bertz CT molecular complexity index is 812. The van der Waals surface area contributed by atoms with Gasteiger partial charge < -0.3 is 9.26 Å². The van der Waals surface area contributed by atoms with Crippen molar-refractivity contribution in [2.45, 2.75) is 44.0 Å². The maximum atomic E-state index is 13.1. The number of benzene rings is 1. The van der Waals surface area contributed by atoms with E-state index in [1.807, 2.05) is 13.8 Å². The van der Waals surface area contributed by atoms with E-state index in [0.29, 0.717) is 18.7 Å². The summed E-state index contributed by atoms with van der Waals surface area (Å²) in [6.07, 6.45) is 2.31. The summed E-state index contributed by atoms with van der Waals surface area (Å²) >= 11 is 0. The van der Waals surface area contributed by atoms with E-state index in [-0.39, 0.29) is 10.9 Å². The van der Waals surface area contributed by atoms with Crippen LogP contribution >= 0.6 is 0 Å². The highest BCUT2D eigenvalue weighted by atomic mass is 32.2. The average molecular weight is 350 g/mol. The molecule has 1 aliphatic rings. The molecule has 1 atom stereocenters. The fourth-order valence-electron chi connectivity index (χ4n) is 3.31. The molecular weight excluding hydrogens is 328 g/mol. The molecule has 0 bridgehead atoms. The Kier molecular flexibility index (Phi) is 4.64. The van der Waals surface area contributed by atoms with Gasteiger partial charge in [0, 0.05) is 18.5 Å². The zero-order valence-electron chi connectivity index (χ0n) is 14.2. The van der Waals surface area contributed by atoms with Gasteiger partial charge in [-0.05, 0) is 44.0 Å². The quantitative estimate of drug-likeness (QED) is 0.828. The van der Waals surface area contributed by atoms with Crippen molar-refractivity contribution in [3.8, 4) is 5.75 Å². The van der Waals surface area contributed by atoms with Crippen LogP contribution in [0.5, 0.6) is 5.75 Å². The van der Waals surface area contributed by atoms with Crippen LogP contribution in [0, 0.1) is 6.92 Å². The summed E-state index contributed by atoms with van der Waals surface area (Å²) in [5, 5.41) is 4.03. The number of sulfonamides is 1. The summed E-state index contributed by atoms with van der Waals surface area (Å²) in [4.78, 5) is 0.280. The minimum absolute atomic E-state index is 0.210. The molecule has 1 unspecified atom stereocenters. The first-order valence-corrected chi connectivity index (χ1v) is 9.54. The zero-order chi connectivity index (χ0) is 17.3. The van der Waals surface area contributed by atoms with Crippen molar-refractivity contribution >= 4 is 10.0 Å². The standard InChI is InChI=1S/C17H22N2O4S/c1-4-16-17(12(2)18-23-16)15-6-5-11-19(15)24(20,21)14-9-7-13(22-3)8-10-14/h7-10,15H,4-6,11H2,1-3H3. The fraction of sp³-hybridized carbons (Fsp3) is 0.471. The first kappa shape index (κ1) is 17.0. The monoisotopic (exact) mass is 350 g/mol. The Hall–Kier alpha value is -1.86. The van der Waals surface area contributed by atoms with E-state index >= 15 is 0 Å². The maximum Gasteiger partial charge on any atom is 0.243 e. The van der Waals surface area contributed by atoms with Gasteiger partial charge in [-0.2, -0.15) is 4.31 Å². The SMILES string of the molecule is CCc1onc(C)c1C1CCCN1S(=O)(=O)c1ccc(OC)cc1. The highest BCUT2D eigenvalue weighted by Crippen LogP contribution is 2.39. The van der Waals surface area contributed by atoms with Crippen LogP contribution in [0.25, 0.3) is 0 Å². The Morgan fingerprint density at radius 2 is 2.04 bits per heavy atom. The van der Waals surface area contributed by atoms with Gasteiger partial charge in [-0.3, -0.25) is 0 Å². The Labute approximate surface area is 142 Å². The number of methoxy groups -OCH3 is 1. The molecule has 130 valence electrons. The van der Waals surface area contributed by atoms with Gasteiger partial charge in [0.25, 0.3) is 0 Å². The zero-order valence-corrected chi connectivity index (χ0v) is 15.0. The number of aryl methyl sites for hydroxylation is 2. The lowest BCUT2D eigenvalue weighted by atomic mass is 10.0. The lowest BCUT2D eigenvalue weighted by molar-refractivity contribution is 0.368. The second-order valence-corrected chi connectivity index (χ2v) is 7.80. The van der Waals surface area contributed by atoms with Crippen LogP contribution in [-0.2, 0) is 16.4 Å². The lowest BCUT2D eigenvalue weighted by Crippen LogP contribution is -2.31. The van der Waals surface area contributed by atoms with Crippen molar-refractivity contribution in [2.24, 2.45) is 0 Å². The van der Waals surface area contributed by atoms with E-state index in [4.69, 9.17) is 9.26 Å². The molecule has 1 saturated heterocycles. The molecule has 24 heavy (non-hydrogen) atoms. The van der Waals surface area contributed by atoms with Crippen LogP contribution in [0.3, 0.4) is 0 Å². The van der Waals surface area contributed by atoms with Gasteiger partial charge in [-0.25, -0.2) is 8.42 Å². The van der Waals surface area contributed by atoms with Crippen molar-refractivity contribution in [3.05, 3.63) is 41.3 Å². The summed E-state index contributed by atoms with van der Waals surface area (Å²) in [5.41, 5.74) is 1.70. The summed E-state index contributed by atoms with van der Waals surface area (Å²) in [5.74, 6) is 1.41. The van der Waals surface area contributed by atoms with E-state index in [0.717, 1.165) is 29.9 Å². The first-order valence-electron chi connectivity index (χ1n) is 8.10. The number of hydrogen-bond acceptors (Lipinski definition) is 5. The number of ether oxygens (including phenoxy) is 1. The van der Waals surface area contributed by atoms with Crippen LogP contribution < -0.4 is 4.74 Å². The molecule has 0 N–H and O–H groups in total. The topological polar surface area (TPSA) is 72.6 Å². The van der Waals surface area contributed by atoms with Gasteiger partial charge in [0.2, 0.25) is 10.0 Å². The van der Waals surface area contributed by atoms with Gasteiger partial charge in [0.15, 0.2) is 0 Å². The third-order valence-corrected chi connectivity index (χ3v) is 6.43. The van der Waals surface area contributed by atoms with Crippen molar-refractivity contribution in [1.82, 2.24) is 9.46 Å². The highest BCUT2D eigenvalue weighted by molar-refractivity contribution is 7.89. The predicted octanol–water partition coefficient (Wildman–Crippen LogP) is 3.08. The summed E-state index contributed by atoms with van der Waals surface area (Å²) < 4.78 is 38.2. The molecule has 6 nitrogen and oxygen atoms in total. The van der Waals surface area contributed by atoms with E-state index in [2.05, 4.69) is 5.16 Å². The highest BCUT2D eigenvalue weighted by Gasteiger charge is 2.39. The molecule has 2 aromatic rings. The number of nitrogens with zero attached hydrogens (tertiary/aromatic N) is 2. The van der Waals surface area contributed by atoms with E-state index < -0.39 is 10.0 Å². The molecule has 1 aromatic carbocycles. The fourth-order valence-corrected chi connectivity index (χ4v) is 4.97. The van der Waals surface area contributed by atoms with Crippen LogP contribution in [0.15, 0.2) is 33.7 Å². The molecule has 3 rings (SSSR count). The second-order valence-electron chi connectivity index (χ2n) is 5.91. The molecule has 0 aliphatic carbocycles. The minimum Gasteiger partial charge on any atom is -0.497 e. The molecule has 0 spiro atoms. The molecule has 0 amide bonds. The molecule has 7 heteroatoms. The molecule has 1 aliphatic heterocycles. The van der Waals surface area contributed by atoms with Crippen LogP contribution in [0.1, 0.15) is 42.8 Å².